The van der Waals surface area contributed by atoms with Gasteiger partial charge in [-0.25, -0.2) is 0 Å². The monoisotopic (exact) mass is 373 g/mol. The highest BCUT2D eigenvalue weighted by atomic mass is 16.5. The first-order valence-corrected chi connectivity index (χ1v) is 9.95. The lowest BCUT2D eigenvalue weighted by molar-refractivity contribution is 0.0901. The van der Waals surface area contributed by atoms with Crippen LogP contribution in [0.15, 0.2) is 84.9 Å². The quantitative estimate of drug-likeness (QED) is 0.598. The summed E-state index contributed by atoms with van der Waals surface area (Å²) in [5.74, 6) is 2.15. The summed E-state index contributed by atoms with van der Waals surface area (Å²) in [5.41, 5.74) is 2.52. The van der Waals surface area contributed by atoms with E-state index in [2.05, 4.69) is 54.4 Å². The Balaban J connectivity index is 1.40. The minimum absolute atomic E-state index is 0.190. The zero-order valence-electron chi connectivity index (χ0n) is 16.3. The molecule has 144 valence electrons. The van der Waals surface area contributed by atoms with Gasteiger partial charge in [0.05, 0.1) is 0 Å². The van der Waals surface area contributed by atoms with E-state index in [1.807, 2.05) is 42.5 Å². The van der Waals surface area contributed by atoms with E-state index in [9.17, 15) is 0 Å². The summed E-state index contributed by atoms with van der Waals surface area (Å²) in [6.07, 6.45) is 1.22. The third-order valence-corrected chi connectivity index (χ3v) is 5.34. The summed E-state index contributed by atoms with van der Waals surface area (Å²) in [7, 11) is 2.19. The number of piperidine rings is 1. The molecule has 3 nitrogen and oxygen atoms in total. The Morgan fingerprint density at radius 1 is 0.821 bits per heavy atom. The van der Waals surface area contributed by atoms with E-state index >= 15 is 0 Å². The van der Waals surface area contributed by atoms with Gasteiger partial charge in [-0.1, -0.05) is 60.7 Å². The zero-order chi connectivity index (χ0) is 19.2. The van der Waals surface area contributed by atoms with Crippen LogP contribution in [0.25, 0.3) is 0 Å². The molecule has 0 radical (unpaired) electrons. The van der Waals surface area contributed by atoms with E-state index in [1.54, 1.807) is 0 Å². The minimum Gasteiger partial charge on any atom is -0.490 e. The van der Waals surface area contributed by atoms with Crippen LogP contribution in [0.2, 0.25) is 0 Å². The number of benzene rings is 3. The molecular formula is C25H27NO2. The number of rotatable bonds is 6. The van der Waals surface area contributed by atoms with Gasteiger partial charge in [-0.15, -0.1) is 0 Å². The lowest BCUT2D eigenvalue weighted by Crippen LogP contribution is -2.42. The molecule has 0 saturated carbocycles. The van der Waals surface area contributed by atoms with E-state index in [1.165, 1.54) is 11.1 Å². The predicted molar refractivity (Wildman–Crippen MR) is 113 cm³/mol. The van der Waals surface area contributed by atoms with E-state index in [0.717, 1.165) is 31.0 Å². The molecule has 0 aliphatic carbocycles. The predicted octanol–water partition coefficient (Wildman–Crippen LogP) is 5.13. The first-order valence-electron chi connectivity index (χ1n) is 9.95. The average Bonchev–Trinajstić information content (AvgIpc) is 2.76. The summed E-state index contributed by atoms with van der Waals surface area (Å²) in [6, 6.07) is 28.9. The molecule has 0 amide bonds. The van der Waals surface area contributed by atoms with Crippen molar-refractivity contribution >= 4 is 0 Å². The van der Waals surface area contributed by atoms with Crippen molar-refractivity contribution in [3.05, 3.63) is 96.1 Å². The van der Waals surface area contributed by atoms with Crippen LogP contribution in [0.4, 0.5) is 0 Å². The molecule has 2 unspecified atom stereocenters. The van der Waals surface area contributed by atoms with Gasteiger partial charge in [0.15, 0.2) is 0 Å². The number of ether oxygens (including phenoxy) is 2. The molecule has 0 spiro atoms. The van der Waals surface area contributed by atoms with Crippen LogP contribution in [0.5, 0.6) is 11.5 Å². The summed E-state index contributed by atoms with van der Waals surface area (Å²) in [6.45, 7) is 2.66. The first-order chi connectivity index (χ1) is 13.8. The molecule has 3 heteroatoms. The van der Waals surface area contributed by atoms with Crippen molar-refractivity contribution in [2.75, 3.05) is 20.1 Å². The van der Waals surface area contributed by atoms with Crippen LogP contribution in [0, 0.1) is 0 Å². The first kappa shape index (κ1) is 18.6. The third-order valence-electron chi connectivity index (χ3n) is 5.34. The van der Waals surface area contributed by atoms with Gasteiger partial charge < -0.3 is 14.4 Å². The second-order valence-corrected chi connectivity index (χ2v) is 7.47. The van der Waals surface area contributed by atoms with Gasteiger partial charge in [-0.3, -0.25) is 0 Å². The number of hydrogen-bond donors (Lipinski definition) is 0. The lowest BCUT2D eigenvalue weighted by Gasteiger charge is -2.37. The summed E-state index contributed by atoms with van der Waals surface area (Å²) >= 11 is 0. The summed E-state index contributed by atoms with van der Waals surface area (Å²) in [5, 5.41) is 0. The second kappa shape index (κ2) is 8.94. The fourth-order valence-corrected chi connectivity index (χ4v) is 3.78. The highest BCUT2D eigenvalue weighted by Crippen LogP contribution is 2.31. The molecular weight excluding hydrogens is 346 g/mol. The fourth-order valence-electron chi connectivity index (χ4n) is 3.78. The number of nitrogens with zero attached hydrogens (tertiary/aromatic N) is 1. The van der Waals surface area contributed by atoms with Crippen LogP contribution >= 0.6 is 0 Å². The molecule has 28 heavy (non-hydrogen) atoms. The molecule has 0 bridgehead atoms. The smallest absolute Gasteiger partial charge is 0.120 e. The SMILES string of the molecule is CN1CCC(Oc2ccc(OCc3ccccc3)cc2)C(c2ccccc2)C1. The highest BCUT2D eigenvalue weighted by molar-refractivity contribution is 5.32. The molecule has 2 atom stereocenters. The Bertz CT molecular complexity index is 849. The Labute approximate surface area is 167 Å². The van der Waals surface area contributed by atoms with E-state index in [0.29, 0.717) is 12.5 Å². The van der Waals surface area contributed by atoms with Gasteiger partial charge in [0.25, 0.3) is 0 Å². The molecule has 1 heterocycles. The van der Waals surface area contributed by atoms with Crippen LogP contribution in [-0.2, 0) is 6.61 Å². The maximum absolute atomic E-state index is 6.41. The second-order valence-electron chi connectivity index (χ2n) is 7.47. The lowest BCUT2D eigenvalue weighted by atomic mass is 9.88. The van der Waals surface area contributed by atoms with Crippen molar-refractivity contribution in [2.24, 2.45) is 0 Å². The van der Waals surface area contributed by atoms with Crippen molar-refractivity contribution in [1.82, 2.24) is 4.90 Å². The van der Waals surface area contributed by atoms with Gasteiger partial charge in [-0.2, -0.15) is 0 Å². The Kier molecular flexibility index (Phi) is 5.93. The van der Waals surface area contributed by atoms with Gasteiger partial charge in [0.1, 0.15) is 24.2 Å². The van der Waals surface area contributed by atoms with Crippen LogP contribution in [-0.4, -0.2) is 31.1 Å². The molecule has 1 fully saturated rings. The molecule has 1 saturated heterocycles. The van der Waals surface area contributed by atoms with Crippen molar-refractivity contribution in [2.45, 2.75) is 25.0 Å². The summed E-state index contributed by atoms with van der Waals surface area (Å²) in [4.78, 5) is 2.39. The van der Waals surface area contributed by atoms with Gasteiger partial charge in [-0.05, 0) is 48.9 Å². The maximum atomic E-state index is 6.41. The third kappa shape index (κ3) is 4.73. The van der Waals surface area contributed by atoms with Gasteiger partial charge in [0.2, 0.25) is 0 Å². The number of hydrogen-bond acceptors (Lipinski definition) is 3. The largest absolute Gasteiger partial charge is 0.490 e. The van der Waals surface area contributed by atoms with Gasteiger partial charge in [0, 0.05) is 19.0 Å². The Morgan fingerprint density at radius 3 is 2.18 bits per heavy atom. The van der Waals surface area contributed by atoms with Crippen molar-refractivity contribution in [3.8, 4) is 11.5 Å². The van der Waals surface area contributed by atoms with E-state index in [-0.39, 0.29) is 6.10 Å². The van der Waals surface area contributed by atoms with Crippen molar-refractivity contribution in [1.29, 1.82) is 0 Å². The Morgan fingerprint density at radius 2 is 1.46 bits per heavy atom. The molecule has 3 aromatic rings. The normalized spacial score (nSPS) is 19.9. The topological polar surface area (TPSA) is 21.7 Å². The van der Waals surface area contributed by atoms with Crippen molar-refractivity contribution < 1.29 is 9.47 Å². The average molecular weight is 373 g/mol. The molecule has 1 aliphatic rings. The van der Waals surface area contributed by atoms with Crippen molar-refractivity contribution in [3.63, 3.8) is 0 Å². The zero-order valence-corrected chi connectivity index (χ0v) is 16.3. The maximum Gasteiger partial charge on any atom is 0.120 e. The van der Waals surface area contributed by atoms with Gasteiger partial charge >= 0.3 is 0 Å². The minimum atomic E-state index is 0.190. The standard InChI is InChI=1S/C25H27NO2/c1-26-17-16-25(24(18-26)21-10-6-3-7-11-21)28-23-14-12-22(13-15-23)27-19-20-8-4-2-5-9-20/h2-15,24-25H,16-19H2,1H3. The number of likely N-dealkylation sites (N-methyl/N-ethyl adjacent to an activating group) is 1. The molecule has 1 aliphatic heterocycles. The highest BCUT2D eigenvalue weighted by Gasteiger charge is 2.30. The molecule has 0 aromatic heterocycles. The van der Waals surface area contributed by atoms with E-state index < -0.39 is 0 Å². The number of likely N-dealkylation sites (tertiary alicyclic amines) is 1. The van der Waals surface area contributed by atoms with E-state index in [4.69, 9.17) is 9.47 Å². The van der Waals surface area contributed by atoms with Crippen LogP contribution in [0.1, 0.15) is 23.5 Å². The molecule has 4 rings (SSSR count). The summed E-state index contributed by atoms with van der Waals surface area (Å²) < 4.78 is 12.3. The fraction of sp³-hybridized carbons (Fsp3) is 0.280. The van der Waals surface area contributed by atoms with Crippen LogP contribution in [0.3, 0.4) is 0 Å². The Hall–Kier alpha value is -2.78. The van der Waals surface area contributed by atoms with Crippen LogP contribution < -0.4 is 9.47 Å². The molecule has 3 aromatic carbocycles. The molecule has 0 N–H and O–H groups in total.